The summed E-state index contributed by atoms with van der Waals surface area (Å²) in [5, 5.41) is 19.7. The van der Waals surface area contributed by atoms with E-state index in [2.05, 4.69) is 255 Å². The van der Waals surface area contributed by atoms with Crippen molar-refractivity contribution in [3.63, 3.8) is 0 Å². The third kappa shape index (κ3) is 6.29. The van der Waals surface area contributed by atoms with Crippen LogP contribution in [0.2, 0.25) is 0 Å². The van der Waals surface area contributed by atoms with Crippen molar-refractivity contribution in [2.45, 2.75) is 0 Å². The topological polar surface area (TPSA) is 25.8 Å². The molecule has 15 aromatic rings. The molecule has 2 heterocycles. The molecule has 72 heavy (non-hydrogen) atoms. The minimum Gasteiger partial charge on any atom is -0.248 e. The fourth-order valence-electron chi connectivity index (χ4n) is 11.8. The average molecular weight is 911 g/mol. The van der Waals surface area contributed by atoms with Gasteiger partial charge in [0.05, 0.1) is 22.4 Å². The number of hydrogen-bond acceptors (Lipinski definition) is 2. The summed E-state index contributed by atoms with van der Waals surface area (Å²) in [5.74, 6) is 0. The summed E-state index contributed by atoms with van der Waals surface area (Å²) < 4.78 is 0. The molecule has 0 bridgehead atoms. The summed E-state index contributed by atoms with van der Waals surface area (Å²) in [4.78, 5) is 10.8. The third-order valence-corrected chi connectivity index (χ3v) is 15.2. The van der Waals surface area contributed by atoms with Gasteiger partial charge in [0.15, 0.2) is 0 Å². The Hall–Kier alpha value is -9.50. The molecule has 0 amide bonds. The minimum absolute atomic E-state index is 0.922. The van der Waals surface area contributed by atoms with E-state index in [1.165, 1.54) is 92.3 Å². The van der Waals surface area contributed by atoms with Crippen LogP contribution in [-0.4, -0.2) is 9.97 Å². The monoisotopic (exact) mass is 910 g/mol. The molecule has 0 N–H and O–H groups in total. The number of nitrogens with zero attached hydrogens (tertiary/aromatic N) is 2. The molecule has 0 atom stereocenters. The van der Waals surface area contributed by atoms with Crippen LogP contribution in [0.1, 0.15) is 0 Å². The molecule has 13 aromatic carbocycles. The van der Waals surface area contributed by atoms with Crippen molar-refractivity contribution in [1.82, 2.24) is 9.97 Å². The summed E-state index contributed by atoms with van der Waals surface area (Å²) in [6, 6.07) is 93.2. The fraction of sp³-hybridized carbons (Fsp3) is 0. The SMILES string of the molecule is c1ccc(-c2cc(-c3ccc(-c4cc(-c5ccc6c7ccccc7c7ccccc7c6c5)c5cc(-c6ccc7c8ccccc8c8ccccc8c7c6)c6ccccc6c5n4)cc3)nc3ccccc23)cc1. The Labute approximate surface area is 415 Å². The van der Waals surface area contributed by atoms with E-state index in [-0.39, 0.29) is 0 Å². The molecule has 2 aromatic heterocycles. The first kappa shape index (κ1) is 40.4. The zero-order chi connectivity index (χ0) is 47.3. The Morgan fingerprint density at radius 1 is 0.181 bits per heavy atom. The van der Waals surface area contributed by atoms with E-state index in [1.54, 1.807) is 0 Å². The lowest BCUT2D eigenvalue weighted by Crippen LogP contribution is -1.94. The number of hydrogen-bond donors (Lipinski definition) is 0. The summed E-state index contributed by atoms with van der Waals surface area (Å²) >= 11 is 0. The lowest BCUT2D eigenvalue weighted by Gasteiger charge is -2.18. The van der Waals surface area contributed by atoms with Gasteiger partial charge in [-0.1, -0.05) is 218 Å². The van der Waals surface area contributed by atoms with Crippen molar-refractivity contribution in [2.75, 3.05) is 0 Å². The summed E-state index contributed by atoms with van der Waals surface area (Å²) in [6.45, 7) is 0. The van der Waals surface area contributed by atoms with Gasteiger partial charge in [-0.15, -0.1) is 0 Å². The van der Waals surface area contributed by atoms with Crippen molar-refractivity contribution in [1.29, 1.82) is 0 Å². The Kier molecular flexibility index (Phi) is 8.99. The Balaban J connectivity index is 0.966. The fourth-order valence-corrected chi connectivity index (χ4v) is 11.8. The van der Waals surface area contributed by atoms with Gasteiger partial charge in [0.25, 0.3) is 0 Å². The molecule has 2 heteroatoms. The van der Waals surface area contributed by atoms with Crippen LogP contribution >= 0.6 is 0 Å². The molecule has 0 saturated heterocycles. The highest BCUT2D eigenvalue weighted by Gasteiger charge is 2.19. The highest BCUT2D eigenvalue weighted by atomic mass is 14.7. The first-order chi connectivity index (χ1) is 35.7. The highest BCUT2D eigenvalue weighted by molar-refractivity contribution is 6.28. The van der Waals surface area contributed by atoms with Gasteiger partial charge >= 0.3 is 0 Å². The molecule has 0 aliphatic rings. The van der Waals surface area contributed by atoms with Gasteiger partial charge in [-0.3, -0.25) is 0 Å². The molecule has 15 rings (SSSR count). The van der Waals surface area contributed by atoms with E-state index >= 15 is 0 Å². The van der Waals surface area contributed by atoms with E-state index in [1.807, 2.05) is 0 Å². The second kappa shape index (κ2) is 16.0. The van der Waals surface area contributed by atoms with Gasteiger partial charge in [0, 0.05) is 27.3 Å². The summed E-state index contributed by atoms with van der Waals surface area (Å²) in [7, 11) is 0. The Morgan fingerprint density at radius 3 is 1.03 bits per heavy atom. The Bertz CT molecular complexity index is 4650. The predicted molar refractivity (Wildman–Crippen MR) is 307 cm³/mol. The molecular formula is C70H42N2. The predicted octanol–water partition coefficient (Wildman–Crippen LogP) is 19.2. The van der Waals surface area contributed by atoms with Gasteiger partial charge in [-0.25, -0.2) is 9.97 Å². The smallest absolute Gasteiger partial charge is 0.0794 e. The standard InChI is InChI=1S/C70H42N2/c1-2-16-43(17-3-1)62-41-68(71-67-29-15-14-27-59(62)67)44-30-32-45(33-31-44)69-42-63(47-35-37-58-53-23-7-5-19-49(53)51-21-9-11-25-55(51)65(58)39-47)66-40-61(56-26-12-13-28-60(56)70(66)72-69)46-34-36-57-52-22-6-4-18-48(52)50-20-8-10-24-54(50)64(57)38-46/h1-42H. The van der Waals surface area contributed by atoms with Gasteiger partial charge in [0.1, 0.15) is 0 Å². The number of para-hydroxylation sites is 1. The molecule has 0 fully saturated rings. The van der Waals surface area contributed by atoms with E-state index < -0.39 is 0 Å². The average Bonchev–Trinajstić information content (AvgIpc) is 3.46. The normalized spacial score (nSPS) is 11.9. The second-order valence-electron chi connectivity index (χ2n) is 19.1. The van der Waals surface area contributed by atoms with Crippen LogP contribution < -0.4 is 0 Å². The number of fused-ring (bicyclic) bond motifs is 16. The lowest BCUT2D eigenvalue weighted by atomic mass is 9.88. The van der Waals surface area contributed by atoms with E-state index in [4.69, 9.17) is 9.97 Å². The molecule has 0 aliphatic heterocycles. The number of aromatic nitrogens is 2. The highest BCUT2D eigenvalue weighted by Crippen LogP contribution is 2.45. The molecule has 2 nitrogen and oxygen atoms in total. The van der Waals surface area contributed by atoms with E-state index in [9.17, 15) is 0 Å². The van der Waals surface area contributed by atoms with Gasteiger partial charge in [0.2, 0.25) is 0 Å². The van der Waals surface area contributed by atoms with Crippen LogP contribution in [0.5, 0.6) is 0 Å². The maximum atomic E-state index is 5.65. The van der Waals surface area contributed by atoms with E-state index in [0.717, 1.165) is 60.8 Å². The van der Waals surface area contributed by atoms with Crippen molar-refractivity contribution in [3.8, 4) is 55.9 Å². The number of benzene rings is 13. The maximum absolute atomic E-state index is 5.65. The number of pyridine rings is 2. The van der Waals surface area contributed by atoms with Gasteiger partial charge in [-0.05, 0) is 140 Å². The van der Waals surface area contributed by atoms with Crippen LogP contribution in [0.4, 0.5) is 0 Å². The number of rotatable bonds is 5. The molecule has 0 saturated carbocycles. The van der Waals surface area contributed by atoms with E-state index in [0.29, 0.717) is 0 Å². The zero-order valence-corrected chi connectivity index (χ0v) is 39.1. The van der Waals surface area contributed by atoms with Crippen molar-refractivity contribution >= 4 is 97.2 Å². The largest absolute Gasteiger partial charge is 0.248 e. The van der Waals surface area contributed by atoms with Crippen LogP contribution in [-0.2, 0) is 0 Å². The first-order valence-corrected chi connectivity index (χ1v) is 24.8. The zero-order valence-electron chi connectivity index (χ0n) is 39.1. The first-order valence-electron chi connectivity index (χ1n) is 24.8. The van der Waals surface area contributed by atoms with Gasteiger partial charge in [-0.2, -0.15) is 0 Å². The Morgan fingerprint density at radius 2 is 0.528 bits per heavy atom. The summed E-state index contributed by atoms with van der Waals surface area (Å²) in [6.07, 6.45) is 0. The third-order valence-electron chi connectivity index (χ3n) is 15.2. The van der Waals surface area contributed by atoms with Crippen molar-refractivity contribution < 1.29 is 0 Å². The van der Waals surface area contributed by atoms with Crippen molar-refractivity contribution in [2.24, 2.45) is 0 Å². The van der Waals surface area contributed by atoms with Crippen LogP contribution in [0.3, 0.4) is 0 Å². The maximum Gasteiger partial charge on any atom is 0.0794 e. The molecule has 0 radical (unpaired) electrons. The van der Waals surface area contributed by atoms with Crippen LogP contribution in [0.25, 0.3) is 153 Å². The lowest BCUT2D eigenvalue weighted by molar-refractivity contribution is 1.38. The van der Waals surface area contributed by atoms with Gasteiger partial charge < -0.3 is 0 Å². The minimum atomic E-state index is 0.922. The molecular weight excluding hydrogens is 869 g/mol. The molecule has 0 unspecified atom stereocenters. The quantitative estimate of drug-likeness (QED) is 0.161. The van der Waals surface area contributed by atoms with Crippen molar-refractivity contribution in [3.05, 3.63) is 255 Å². The molecule has 0 spiro atoms. The van der Waals surface area contributed by atoms with Crippen LogP contribution in [0.15, 0.2) is 255 Å². The summed E-state index contributed by atoms with van der Waals surface area (Å²) in [5.41, 5.74) is 12.9. The molecule has 332 valence electrons. The molecule has 0 aliphatic carbocycles. The van der Waals surface area contributed by atoms with Crippen LogP contribution in [0, 0.1) is 0 Å². The second-order valence-corrected chi connectivity index (χ2v) is 19.1.